The van der Waals surface area contributed by atoms with Crippen LogP contribution in [-0.2, 0) is 9.84 Å². The van der Waals surface area contributed by atoms with Crippen LogP contribution in [0.25, 0.3) is 10.2 Å². The lowest BCUT2D eigenvalue weighted by Gasteiger charge is -2.31. The number of nitrogens with zero attached hydrogens (tertiary/aromatic N) is 2. The maximum Gasteiger partial charge on any atom is 0.274 e. The largest absolute Gasteiger partial charge is 0.467 e. The van der Waals surface area contributed by atoms with Crippen molar-refractivity contribution >= 4 is 37.3 Å². The zero-order chi connectivity index (χ0) is 22.2. The highest BCUT2D eigenvalue weighted by Gasteiger charge is 2.26. The molecule has 8 heteroatoms. The van der Waals surface area contributed by atoms with E-state index in [1.165, 1.54) is 12.1 Å². The first-order valence-electron chi connectivity index (χ1n) is 10.4. The van der Waals surface area contributed by atoms with E-state index in [9.17, 15) is 13.2 Å². The number of aryl methyl sites for hydroxylation is 1. The lowest BCUT2D eigenvalue weighted by atomic mass is 10.1. The molecule has 1 saturated heterocycles. The van der Waals surface area contributed by atoms with Gasteiger partial charge >= 0.3 is 0 Å². The summed E-state index contributed by atoms with van der Waals surface area (Å²) in [7, 11) is -3.34. The Morgan fingerprint density at radius 3 is 2.42 bits per heavy atom. The van der Waals surface area contributed by atoms with Crippen LogP contribution >= 0.6 is 11.3 Å². The standard InChI is InChI=1S/C23H26N2O4S2/c1-15(2)31(27,28)19-9-7-17(8-10-19)22(26)25-13-11-18(12-14-25)29-23-24-21-16(3)5-4-6-20(21)30-23/h4-10,15,18H,11-14H2,1-3H3. The molecule has 0 bridgehead atoms. The number of rotatable bonds is 5. The zero-order valence-electron chi connectivity index (χ0n) is 17.9. The van der Waals surface area contributed by atoms with Gasteiger partial charge in [-0.15, -0.1) is 0 Å². The summed E-state index contributed by atoms with van der Waals surface area (Å²) in [5, 5.41) is 0.184. The number of aromatic nitrogens is 1. The molecule has 1 aliphatic rings. The first-order chi connectivity index (χ1) is 14.8. The Bertz CT molecular complexity index is 1190. The number of para-hydroxylation sites is 1. The minimum Gasteiger partial charge on any atom is -0.467 e. The van der Waals surface area contributed by atoms with Crippen molar-refractivity contribution in [1.82, 2.24) is 9.88 Å². The number of sulfone groups is 1. The van der Waals surface area contributed by atoms with Crippen LogP contribution in [0.15, 0.2) is 47.4 Å². The van der Waals surface area contributed by atoms with Gasteiger partial charge in [-0.05, 0) is 56.7 Å². The molecule has 1 aromatic heterocycles. The topological polar surface area (TPSA) is 76.6 Å². The van der Waals surface area contributed by atoms with Crippen molar-refractivity contribution in [3.8, 4) is 5.19 Å². The molecule has 0 radical (unpaired) electrons. The number of carbonyl (C=O) groups excluding carboxylic acids is 1. The lowest BCUT2D eigenvalue weighted by molar-refractivity contribution is 0.0595. The van der Waals surface area contributed by atoms with E-state index in [2.05, 4.69) is 4.98 Å². The van der Waals surface area contributed by atoms with Crippen molar-refractivity contribution < 1.29 is 17.9 Å². The van der Waals surface area contributed by atoms with Gasteiger partial charge in [-0.1, -0.05) is 23.5 Å². The average molecular weight is 459 g/mol. The van der Waals surface area contributed by atoms with Gasteiger partial charge in [0.15, 0.2) is 9.84 Å². The van der Waals surface area contributed by atoms with Crippen LogP contribution in [0.2, 0.25) is 0 Å². The monoisotopic (exact) mass is 458 g/mol. The lowest BCUT2D eigenvalue weighted by Crippen LogP contribution is -2.41. The molecular formula is C23H26N2O4S2. The summed E-state index contributed by atoms with van der Waals surface area (Å²) in [6.45, 7) is 6.53. The second-order valence-electron chi connectivity index (χ2n) is 8.13. The van der Waals surface area contributed by atoms with E-state index in [0.717, 1.165) is 28.6 Å². The van der Waals surface area contributed by atoms with Crippen LogP contribution in [-0.4, -0.2) is 48.7 Å². The molecule has 0 unspecified atom stereocenters. The number of likely N-dealkylation sites (tertiary alicyclic amines) is 1. The minimum absolute atomic E-state index is 0.0310. The Labute approximate surface area is 186 Å². The second kappa shape index (κ2) is 8.59. The van der Waals surface area contributed by atoms with Crippen molar-refractivity contribution in [2.24, 2.45) is 0 Å². The summed E-state index contributed by atoms with van der Waals surface area (Å²) < 4.78 is 31.7. The summed E-state index contributed by atoms with van der Waals surface area (Å²) in [5.41, 5.74) is 2.62. The summed E-state index contributed by atoms with van der Waals surface area (Å²) in [4.78, 5) is 19.5. The molecule has 1 aliphatic heterocycles. The zero-order valence-corrected chi connectivity index (χ0v) is 19.5. The van der Waals surface area contributed by atoms with Crippen LogP contribution in [0, 0.1) is 6.92 Å². The van der Waals surface area contributed by atoms with Gasteiger partial charge in [-0.2, -0.15) is 0 Å². The first kappa shape index (κ1) is 21.8. The number of hydrogen-bond acceptors (Lipinski definition) is 6. The fourth-order valence-electron chi connectivity index (χ4n) is 3.68. The predicted molar refractivity (Wildman–Crippen MR) is 123 cm³/mol. The Morgan fingerprint density at radius 2 is 1.81 bits per heavy atom. The maximum atomic E-state index is 12.8. The summed E-state index contributed by atoms with van der Waals surface area (Å²) in [6.07, 6.45) is 1.50. The fourth-order valence-corrected chi connectivity index (χ4v) is 5.70. The van der Waals surface area contributed by atoms with E-state index < -0.39 is 15.1 Å². The molecule has 1 fully saturated rings. The number of hydrogen-bond donors (Lipinski definition) is 0. The van der Waals surface area contributed by atoms with Crippen LogP contribution in [0.5, 0.6) is 5.19 Å². The van der Waals surface area contributed by atoms with Gasteiger partial charge in [-0.25, -0.2) is 13.4 Å². The number of benzene rings is 2. The molecule has 1 amide bonds. The molecular weight excluding hydrogens is 432 g/mol. The van der Waals surface area contributed by atoms with Crippen molar-refractivity contribution in [3.05, 3.63) is 53.6 Å². The fraction of sp³-hybridized carbons (Fsp3) is 0.391. The number of thiazole rings is 1. The number of carbonyl (C=O) groups is 1. The first-order valence-corrected chi connectivity index (χ1v) is 12.8. The highest BCUT2D eigenvalue weighted by atomic mass is 32.2. The SMILES string of the molecule is Cc1cccc2sc(OC3CCN(C(=O)c4ccc(S(=O)(=O)C(C)C)cc4)CC3)nc12. The third-order valence-corrected chi connectivity index (χ3v) is 8.73. The molecule has 0 saturated carbocycles. The van der Waals surface area contributed by atoms with Crippen LogP contribution in [0.1, 0.15) is 42.6 Å². The van der Waals surface area contributed by atoms with Crippen molar-refractivity contribution in [3.63, 3.8) is 0 Å². The molecule has 0 spiro atoms. The van der Waals surface area contributed by atoms with Crippen LogP contribution < -0.4 is 4.74 Å². The number of ether oxygens (including phenoxy) is 1. The Hall–Kier alpha value is -2.45. The highest BCUT2D eigenvalue weighted by Crippen LogP contribution is 2.31. The van der Waals surface area contributed by atoms with Crippen molar-refractivity contribution in [2.45, 2.75) is 49.9 Å². The molecule has 0 N–H and O–H groups in total. The smallest absolute Gasteiger partial charge is 0.274 e. The molecule has 3 aromatic rings. The third-order valence-electron chi connectivity index (χ3n) is 5.65. The summed E-state index contributed by atoms with van der Waals surface area (Å²) in [5.74, 6) is -0.0810. The molecule has 2 heterocycles. The summed E-state index contributed by atoms with van der Waals surface area (Å²) in [6, 6.07) is 12.4. The van der Waals surface area contributed by atoms with Gasteiger partial charge in [0, 0.05) is 31.5 Å². The number of fused-ring (bicyclic) bond motifs is 1. The Kier molecular flexibility index (Phi) is 6.03. The Morgan fingerprint density at radius 1 is 1.13 bits per heavy atom. The van der Waals surface area contributed by atoms with Crippen molar-refractivity contribution in [1.29, 1.82) is 0 Å². The van der Waals surface area contributed by atoms with E-state index in [4.69, 9.17) is 4.74 Å². The molecule has 0 atom stereocenters. The molecule has 0 aliphatic carbocycles. The van der Waals surface area contributed by atoms with E-state index >= 15 is 0 Å². The minimum atomic E-state index is -3.34. The van der Waals surface area contributed by atoms with Crippen molar-refractivity contribution in [2.75, 3.05) is 13.1 Å². The van der Waals surface area contributed by atoms with E-state index in [-0.39, 0.29) is 16.9 Å². The molecule has 2 aromatic carbocycles. The highest BCUT2D eigenvalue weighted by molar-refractivity contribution is 7.92. The van der Waals surface area contributed by atoms with Gasteiger partial charge in [-0.3, -0.25) is 4.79 Å². The van der Waals surface area contributed by atoms with Gasteiger partial charge in [0.25, 0.3) is 11.1 Å². The second-order valence-corrected chi connectivity index (χ2v) is 11.6. The predicted octanol–water partition coefficient (Wildman–Crippen LogP) is 4.47. The number of amides is 1. The van der Waals surface area contributed by atoms with E-state index in [1.807, 2.05) is 25.1 Å². The maximum absolute atomic E-state index is 12.8. The van der Waals surface area contributed by atoms with Gasteiger partial charge in [0.05, 0.1) is 20.4 Å². The molecule has 164 valence electrons. The van der Waals surface area contributed by atoms with E-state index in [0.29, 0.717) is 23.8 Å². The van der Waals surface area contributed by atoms with Crippen LogP contribution in [0.4, 0.5) is 0 Å². The third kappa shape index (κ3) is 4.45. The molecule has 4 rings (SSSR count). The normalized spacial score (nSPS) is 15.5. The quantitative estimate of drug-likeness (QED) is 0.564. The van der Waals surface area contributed by atoms with Gasteiger partial charge < -0.3 is 9.64 Å². The van der Waals surface area contributed by atoms with Gasteiger partial charge in [0.1, 0.15) is 6.10 Å². The Balaban J connectivity index is 1.37. The van der Waals surface area contributed by atoms with Gasteiger partial charge in [0.2, 0.25) is 0 Å². The number of piperidine rings is 1. The molecule has 31 heavy (non-hydrogen) atoms. The van der Waals surface area contributed by atoms with Crippen LogP contribution in [0.3, 0.4) is 0 Å². The molecule has 6 nitrogen and oxygen atoms in total. The summed E-state index contributed by atoms with van der Waals surface area (Å²) >= 11 is 1.55. The van der Waals surface area contributed by atoms with E-state index in [1.54, 1.807) is 42.2 Å². The average Bonchev–Trinajstić information content (AvgIpc) is 3.17.